The van der Waals surface area contributed by atoms with Gasteiger partial charge in [0.25, 0.3) is 0 Å². The fourth-order valence-electron chi connectivity index (χ4n) is 6.48. The first kappa shape index (κ1) is 28.3. The molecule has 0 spiro atoms. The molecule has 0 radical (unpaired) electrons. The lowest BCUT2D eigenvalue weighted by atomic mass is 9.76. The second-order valence-corrected chi connectivity index (χ2v) is 10.9. The summed E-state index contributed by atoms with van der Waals surface area (Å²) in [6, 6.07) is 12.1. The summed E-state index contributed by atoms with van der Waals surface area (Å²) in [5.74, 6) is -0.898. The smallest absolute Gasteiger partial charge is 0.205 e. The molecule has 230 valence electrons. The maximum atomic E-state index is 14.4. The quantitative estimate of drug-likeness (QED) is 0.201. The van der Waals surface area contributed by atoms with Gasteiger partial charge < -0.3 is 37.9 Å². The molecule has 1 aliphatic heterocycles. The van der Waals surface area contributed by atoms with Crippen LogP contribution in [0.25, 0.3) is 33.0 Å². The van der Waals surface area contributed by atoms with E-state index in [0.29, 0.717) is 33.8 Å². The van der Waals surface area contributed by atoms with Crippen molar-refractivity contribution in [2.75, 3.05) is 21.3 Å². The van der Waals surface area contributed by atoms with Gasteiger partial charge in [0.05, 0.1) is 49.9 Å². The number of fused-ring (bicyclic) bond motifs is 4. The van der Waals surface area contributed by atoms with Crippen LogP contribution in [-0.4, -0.2) is 48.4 Å². The molecule has 0 bridgehead atoms. The number of methoxy groups -OCH3 is 3. The van der Waals surface area contributed by atoms with Crippen LogP contribution in [0.1, 0.15) is 45.8 Å². The van der Waals surface area contributed by atoms with Crippen molar-refractivity contribution in [2.45, 2.75) is 31.4 Å². The number of phenolic OH excluding ortho intramolecular Hbond substituents is 1. The van der Waals surface area contributed by atoms with Crippen LogP contribution in [0.4, 0.5) is 0 Å². The number of Topliss-reactive ketones (excluding diaryl/α,β-unsaturated/α-hetero) is 1. The SMILES string of the molecule is COc1c(C(=O)CC2c3c(cc4oc(C)cc(=O)c4c3OC)OC(N)C2c2nc3ccccc3[nH]2)c(O)c(OC)c2occc12. The van der Waals surface area contributed by atoms with E-state index in [9.17, 15) is 14.7 Å². The van der Waals surface area contributed by atoms with E-state index in [2.05, 4.69) is 4.98 Å². The van der Waals surface area contributed by atoms with E-state index in [1.54, 1.807) is 19.1 Å². The highest BCUT2D eigenvalue weighted by Gasteiger charge is 2.44. The van der Waals surface area contributed by atoms with Crippen LogP contribution in [0.3, 0.4) is 0 Å². The van der Waals surface area contributed by atoms with Crippen molar-refractivity contribution in [3.05, 3.63) is 81.7 Å². The van der Waals surface area contributed by atoms with E-state index in [4.69, 9.17) is 38.5 Å². The number of hydrogen-bond acceptors (Lipinski definition) is 11. The van der Waals surface area contributed by atoms with Crippen LogP contribution < -0.4 is 30.1 Å². The van der Waals surface area contributed by atoms with Gasteiger partial charge in [0.2, 0.25) is 5.75 Å². The predicted octanol–water partition coefficient (Wildman–Crippen LogP) is 5.27. The molecule has 12 heteroatoms. The molecule has 3 unspecified atom stereocenters. The summed E-state index contributed by atoms with van der Waals surface area (Å²) >= 11 is 0. The van der Waals surface area contributed by atoms with Gasteiger partial charge in [-0.25, -0.2) is 4.98 Å². The Morgan fingerprint density at radius 1 is 1.07 bits per heavy atom. The number of ether oxygens (including phenoxy) is 4. The van der Waals surface area contributed by atoms with Gasteiger partial charge in [-0.15, -0.1) is 0 Å². The Balaban J connectivity index is 1.47. The van der Waals surface area contributed by atoms with Gasteiger partial charge in [0.15, 0.2) is 28.8 Å². The molecule has 0 saturated carbocycles. The van der Waals surface area contributed by atoms with Gasteiger partial charge in [-0.2, -0.15) is 0 Å². The van der Waals surface area contributed by atoms with Crippen LogP contribution in [0.15, 0.2) is 62.4 Å². The molecule has 0 amide bonds. The second-order valence-electron chi connectivity index (χ2n) is 10.9. The van der Waals surface area contributed by atoms with Crippen molar-refractivity contribution < 1.29 is 37.7 Å². The Bertz CT molecular complexity index is 2160. The molecule has 6 aromatic rings. The van der Waals surface area contributed by atoms with E-state index in [-0.39, 0.29) is 51.2 Å². The molecular weight excluding hydrogens is 582 g/mol. The number of ketones is 1. The first-order chi connectivity index (χ1) is 21.7. The fourth-order valence-corrected chi connectivity index (χ4v) is 6.48. The molecule has 4 N–H and O–H groups in total. The lowest BCUT2D eigenvalue weighted by Crippen LogP contribution is -2.42. The number of nitrogens with zero attached hydrogens (tertiary/aromatic N) is 1. The van der Waals surface area contributed by atoms with Crippen LogP contribution >= 0.6 is 0 Å². The van der Waals surface area contributed by atoms with Crippen molar-refractivity contribution in [3.63, 3.8) is 0 Å². The average Bonchev–Trinajstić information content (AvgIpc) is 3.66. The number of phenols is 1. The molecule has 45 heavy (non-hydrogen) atoms. The molecule has 0 fully saturated rings. The molecule has 1 aliphatic rings. The number of benzene rings is 3. The number of hydrogen-bond donors (Lipinski definition) is 3. The summed E-state index contributed by atoms with van der Waals surface area (Å²) in [4.78, 5) is 35.8. The lowest BCUT2D eigenvalue weighted by molar-refractivity contribution is 0.0913. The Morgan fingerprint density at radius 2 is 1.82 bits per heavy atom. The zero-order valence-electron chi connectivity index (χ0n) is 24.8. The number of aryl methyl sites for hydroxylation is 1. The minimum absolute atomic E-state index is 0.00591. The number of aromatic nitrogens is 2. The normalized spacial score (nSPS) is 17.8. The summed E-state index contributed by atoms with van der Waals surface area (Å²) in [6.45, 7) is 1.67. The largest absolute Gasteiger partial charge is 0.504 e. The number of rotatable bonds is 7. The van der Waals surface area contributed by atoms with Gasteiger partial charge >= 0.3 is 0 Å². The summed E-state index contributed by atoms with van der Waals surface area (Å²) < 4.78 is 34.6. The Labute approximate surface area is 255 Å². The van der Waals surface area contributed by atoms with Gasteiger partial charge in [0, 0.05) is 30.0 Å². The van der Waals surface area contributed by atoms with E-state index >= 15 is 0 Å². The Hall–Kier alpha value is -5.49. The minimum atomic E-state index is -0.976. The van der Waals surface area contributed by atoms with Crippen molar-refractivity contribution in [2.24, 2.45) is 5.73 Å². The number of aromatic amines is 1. The van der Waals surface area contributed by atoms with Gasteiger partial charge in [0.1, 0.15) is 45.4 Å². The number of nitrogens with one attached hydrogen (secondary N) is 1. The van der Waals surface area contributed by atoms with E-state index in [0.717, 1.165) is 5.52 Å². The molecule has 4 heterocycles. The third kappa shape index (κ3) is 4.28. The second kappa shape index (κ2) is 10.6. The highest BCUT2D eigenvalue weighted by molar-refractivity contribution is 6.09. The summed E-state index contributed by atoms with van der Waals surface area (Å²) in [5, 5.41) is 12.0. The third-order valence-electron chi connectivity index (χ3n) is 8.33. The highest BCUT2D eigenvalue weighted by atomic mass is 16.5. The zero-order chi connectivity index (χ0) is 31.6. The maximum absolute atomic E-state index is 14.4. The molecule has 3 aromatic carbocycles. The molecule has 12 nitrogen and oxygen atoms in total. The number of carbonyl (C=O) groups excluding carboxylic acids is 1. The lowest BCUT2D eigenvalue weighted by Gasteiger charge is -2.37. The first-order valence-electron chi connectivity index (χ1n) is 14.1. The van der Waals surface area contributed by atoms with E-state index < -0.39 is 29.6 Å². The number of H-pyrrole nitrogens is 1. The summed E-state index contributed by atoms with van der Waals surface area (Å²) in [7, 11) is 4.20. The number of aromatic hydroxyl groups is 1. The number of imidazole rings is 1. The molecule has 0 saturated heterocycles. The van der Waals surface area contributed by atoms with Crippen molar-refractivity contribution in [1.82, 2.24) is 9.97 Å². The van der Waals surface area contributed by atoms with E-state index in [1.807, 2.05) is 24.3 Å². The summed E-state index contributed by atoms with van der Waals surface area (Å²) in [6.07, 6.45) is 0.218. The minimum Gasteiger partial charge on any atom is -0.504 e. The van der Waals surface area contributed by atoms with E-state index in [1.165, 1.54) is 33.7 Å². The van der Waals surface area contributed by atoms with Gasteiger partial charge in [-0.1, -0.05) is 12.1 Å². The molecule has 3 atom stereocenters. The monoisotopic (exact) mass is 611 g/mol. The number of nitrogens with two attached hydrogens (primary N) is 1. The van der Waals surface area contributed by atoms with Crippen LogP contribution in [-0.2, 0) is 0 Å². The maximum Gasteiger partial charge on any atom is 0.205 e. The zero-order valence-corrected chi connectivity index (χ0v) is 24.8. The number of carbonyl (C=O) groups is 1. The van der Waals surface area contributed by atoms with Crippen molar-refractivity contribution >= 4 is 38.8 Å². The predicted molar refractivity (Wildman–Crippen MR) is 164 cm³/mol. The van der Waals surface area contributed by atoms with Crippen molar-refractivity contribution in [1.29, 1.82) is 0 Å². The molecule has 3 aromatic heterocycles. The molecule has 0 aliphatic carbocycles. The first-order valence-corrected chi connectivity index (χ1v) is 14.1. The highest BCUT2D eigenvalue weighted by Crippen LogP contribution is 2.53. The Kier molecular flexibility index (Phi) is 6.66. The molecular formula is C33H29N3O9. The van der Waals surface area contributed by atoms with Gasteiger partial charge in [-0.3, -0.25) is 15.3 Å². The van der Waals surface area contributed by atoms with Gasteiger partial charge in [-0.05, 0) is 25.1 Å². The average molecular weight is 612 g/mol. The van der Waals surface area contributed by atoms with Crippen LogP contribution in [0.2, 0.25) is 0 Å². The standard InChI is InChI=1S/C33H29N3O9/c1-14-11-19(37)25-22(44-14)13-21-23(30(25)41-3)16(24(32(34)45-21)33-35-17-7-5-6-8-18(17)36-33)12-20(38)26-27(39)31(42-4)29-15(9-10-43-29)28(26)40-2/h5-11,13,16,24,32,39H,12,34H2,1-4H3,(H,35,36). The third-order valence-corrected chi connectivity index (χ3v) is 8.33. The van der Waals surface area contributed by atoms with Crippen molar-refractivity contribution in [3.8, 4) is 28.7 Å². The number of furan rings is 1. The molecule has 7 rings (SSSR count). The summed E-state index contributed by atoms with van der Waals surface area (Å²) in [5.41, 5.74) is 8.70. The fraction of sp³-hybridized carbons (Fsp3) is 0.242. The topological polar surface area (TPSA) is 172 Å². The van der Waals surface area contributed by atoms with Crippen LogP contribution in [0.5, 0.6) is 28.7 Å². The van der Waals surface area contributed by atoms with Crippen LogP contribution in [0, 0.1) is 6.92 Å². The number of para-hydroxylation sites is 2. The Morgan fingerprint density at radius 3 is 2.56 bits per heavy atom.